The maximum atomic E-state index is 4.53. The topological polar surface area (TPSA) is 29.9 Å². The van der Waals surface area contributed by atoms with E-state index in [0.29, 0.717) is 6.04 Å². The van der Waals surface area contributed by atoms with Crippen LogP contribution in [0.4, 0.5) is 0 Å². The molecular weight excluding hydrogens is 314 g/mol. The fourth-order valence-electron chi connectivity index (χ4n) is 2.32. The third kappa shape index (κ3) is 3.70. The molecule has 0 aliphatic carbocycles. The third-order valence-corrected chi connectivity index (χ3v) is 4.02. The van der Waals surface area contributed by atoms with E-state index in [1.54, 1.807) is 0 Å². The Morgan fingerprint density at radius 3 is 2.90 bits per heavy atom. The molecule has 2 rings (SSSR count). The lowest BCUT2D eigenvalue weighted by Crippen LogP contribution is -2.19. The zero-order valence-corrected chi connectivity index (χ0v) is 13.9. The Bertz CT molecular complexity index is 563. The molecule has 1 aromatic heterocycles. The Balaban J connectivity index is 2.12. The van der Waals surface area contributed by atoms with Gasteiger partial charge in [-0.05, 0) is 44.5 Å². The molecule has 4 heteroatoms. The van der Waals surface area contributed by atoms with Crippen molar-refractivity contribution in [3.8, 4) is 0 Å². The third-order valence-electron chi connectivity index (χ3n) is 3.53. The second-order valence-corrected chi connectivity index (χ2v) is 6.06. The standard InChI is InChI=1S/C16H22BrN3/c1-4-8-18-12(2)16-10-19-20(13(16)3)11-14-6-5-7-15(17)9-14/h5-7,9-10,12,18H,4,8,11H2,1-3H3. The van der Waals surface area contributed by atoms with Gasteiger partial charge in [-0.2, -0.15) is 5.10 Å². The van der Waals surface area contributed by atoms with E-state index < -0.39 is 0 Å². The van der Waals surface area contributed by atoms with Crippen molar-refractivity contribution in [3.63, 3.8) is 0 Å². The van der Waals surface area contributed by atoms with E-state index >= 15 is 0 Å². The lowest BCUT2D eigenvalue weighted by molar-refractivity contribution is 0.565. The van der Waals surface area contributed by atoms with Gasteiger partial charge in [0.25, 0.3) is 0 Å². The van der Waals surface area contributed by atoms with Crippen LogP contribution in [0.15, 0.2) is 34.9 Å². The minimum atomic E-state index is 0.353. The normalized spacial score (nSPS) is 12.6. The summed E-state index contributed by atoms with van der Waals surface area (Å²) in [6.45, 7) is 8.38. The zero-order chi connectivity index (χ0) is 14.5. The molecule has 1 heterocycles. The molecule has 0 aliphatic rings. The summed E-state index contributed by atoms with van der Waals surface area (Å²) < 4.78 is 3.18. The number of aromatic nitrogens is 2. The van der Waals surface area contributed by atoms with E-state index in [1.807, 2.05) is 12.3 Å². The van der Waals surface area contributed by atoms with Crippen molar-refractivity contribution < 1.29 is 0 Å². The molecule has 0 aliphatic heterocycles. The summed E-state index contributed by atoms with van der Waals surface area (Å²) in [7, 11) is 0. The SMILES string of the molecule is CCCNC(C)c1cnn(Cc2cccc(Br)c2)c1C. The largest absolute Gasteiger partial charge is 0.310 e. The Morgan fingerprint density at radius 1 is 1.40 bits per heavy atom. The van der Waals surface area contributed by atoms with Gasteiger partial charge in [-0.3, -0.25) is 4.68 Å². The molecule has 0 fully saturated rings. The van der Waals surface area contributed by atoms with Crippen molar-refractivity contribution in [2.24, 2.45) is 0 Å². The molecule has 0 amide bonds. The molecule has 20 heavy (non-hydrogen) atoms. The molecule has 1 aromatic carbocycles. The van der Waals surface area contributed by atoms with E-state index in [2.05, 4.69) is 70.0 Å². The molecule has 3 nitrogen and oxygen atoms in total. The van der Waals surface area contributed by atoms with E-state index in [9.17, 15) is 0 Å². The predicted molar refractivity (Wildman–Crippen MR) is 86.9 cm³/mol. The quantitative estimate of drug-likeness (QED) is 0.862. The fraction of sp³-hybridized carbons (Fsp3) is 0.438. The predicted octanol–water partition coefficient (Wildman–Crippen LogP) is 4.06. The number of halogens is 1. The smallest absolute Gasteiger partial charge is 0.0662 e. The van der Waals surface area contributed by atoms with Crippen LogP contribution in [0.3, 0.4) is 0 Å². The van der Waals surface area contributed by atoms with Crippen LogP contribution in [0.2, 0.25) is 0 Å². The molecule has 108 valence electrons. The van der Waals surface area contributed by atoms with Crippen LogP contribution in [-0.2, 0) is 6.54 Å². The highest BCUT2D eigenvalue weighted by Gasteiger charge is 2.12. The average molecular weight is 336 g/mol. The fourth-order valence-corrected chi connectivity index (χ4v) is 2.77. The van der Waals surface area contributed by atoms with Crippen LogP contribution in [0.25, 0.3) is 0 Å². The molecule has 0 saturated heterocycles. The number of benzene rings is 1. The molecule has 0 saturated carbocycles. The van der Waals surface area contributed by atoms with E-state index in [-0.39, 0.29) is 0 Å². The zero-order valence-electron chi connectivity index (χ0n) is 12.4. The first-order chi connectivity index (χ1) is 9.61. The molecule has 1 atom stereocenters. The van der Waals surface area contributed by atoms with Crippen molar-refractivity contribution in [1.82, 2.24) is 15.1 Å². The number of hydrogen-bond donors (Lipinski definition) is 1. The van der Waals surface area contributed by atoms with E-state index in [4.69, 9.17) is 0 Å². The summed E-state index contributed by atoms with van der Waals surface area (Å²) in [5, 5.41) is 8.05. The lowest BCUT2D eigenvalue weighted by Gasteiger charge is -2.13. The maximum Gasteiger partial charge on any atom is 0.0662 e. The summed E-state index contributed by atoms with van der Waals surface area (Å²) in [4.78, 5) is 0. The van der Waals surface area contributed by atoms with Crippen LogP contribution in [0.5, 0.6) is 0 Å². The number of nitrogens with zero attached hydrogens (tertiary/aromatic N) is 2. The van der Waals surface area contributed by atoms with Gasteiger partial charge in [-0.25, -0.2) is 0 Å². The molecule has 2 aromatic rings. The maximum absolute atomic E-state index is 4.53. The summed E-state index contributed by atoms with van der Waals surface area (Å²) in [6.07, 6.45) is 3.14. The first kappa shape index (κ1) is 15.3. The van der Waals surface area contributed by atoms with Crippen molar-refractivity contribution in [2.45, 2.75) is 39.8 Å². The van der Waals surface area contributed by atoms with Gasteiger partial charge in [0, 0.05) is 21.8 Å². The van der Waals surface area contributed by atoms with Gasteiger partial charge in [0.1, 0.15) is 0 Å². The Kier molecular flexibility index (Phi) is 5.38. The Labute approximate surface area is 129 Å². The van der Waals surface area contributed by atoms with Gasteiger partial charge in [0.2, 0.25) is 0 Å². The van der Waals surface area contributed by atoms with Crippen molar-refractivity contribution >= 4 is 15.9 Å². The summed E-state index contributed by atoms with van der Waals surface area (Å²) >= 11 is 3.51. The molecular formula is C16H22BrN3. The van der Waals surface area contributed by atoms with Gasteiger partial charge >= 0.3 is 0 Å². The van der Waals surface area contributed by atoms with Gasteiger partial charge in [0.05, 0.1) is 12.7 Å². The van der Waals surface area contributed by atoms with Gasteiger partial charge in [-0.15, -0.1) is 0 Å². The lowest BCUT2D eigenvalue weighted by atomic mass is 10.1. The van der Waals surface area contributed by atoms with Crippen molar-refractivity contribution in [3.05, 3.63) is 51.8 Å². The second-order valence-electron chi connectivity index (χ2n) is 5.15. The van der Waals surface area contributed by atoms with Gasteiger partial charge < -0.3 is 5.32 Å². The monoisotopic (exact) mass is 335 g/mol. The van der Waals surface area contributed by atoms with Crippen molar-refractivity contribution in [1.29, 1.82) is 0 Å². The highest BCUT2D eigenvalue weighted by Crippen LogP contribution is 2.19. The van der Waals surface area contributed by atoms with Crippen molar-refractivity contribution in [2.75, 3.05) is 6.54 Å². The summed E-state index contributed by atoms with van der Waals surface area (Å²) in [5.74, 6) is 0. The van der Waals surface area contributed by atoms with Gasteiger partial charge in [-0.1, -0.05) is 35.0 Å². The van der Waals surface area contributed by atoms with Crippen LogP contribution >= 0.6 is 15.9 Å². The second kappa shape index (κ2) is 7.04. The molecule has 0 radical (unpaired) electrons. The minimum absolute atomic E-state index is 0.353. The highest BCUT2D eigenvalue weighted by molar-refractivity contribution is 9.10. The van der Waals surface area contributed by atoms with Crippen LogP contribution in [0.1, 0.15) is 43.1 Å². The van der Waals surface area contributed by atoms with Gasteiger partial charge in [0.15, 0.2) is 0 Å². The van der Waals surface area contributed by atoms with E-state index in [0.717, 1.165) is 24.0 Å². The summed E-state index contributed by atoms with van der Waals surface area (Å²) in [5.41, 5.74) is 3.78. The average Bonchev–Trinajstić information content (AvgIpc) is 2.78. The molecule has 0 bridgehead atoms. The van der Waals surface area contributed by atoms with Crippen LogP contribution in [0, 0.1) is 6.92 Å². The van der Waals surface area contributed by atoms with Crippen LogP contribution < -0.4 is 5.32 Å². The summed E-state index contributed by atoms with van der Waals surface area (Å²) in [6, 6.07) is 8.72. The van der Waals surface area contributed by atoms with E-state index in [1.165, 1.54) is 16.8 Å². The number of nitrogens with one attached hydrogen (secondary N) is 1. The first-order valence-corrected chi connectivity index (χ1v) is 7.91. The number of rotatable bonds is 6. The highest BCUT2D eigenvalue weighted by atomic mass is 79.9. The Morgan fingerprint density at radius 2 is 2.20 bits per heavy atom. The molecule has 1 unspecified atom stereocenters. The van der Waals surface area contributed by atoms with Crippen LogP contribution in [-0.4, -0.2) is 16.3 Å². The molecule has 0 spiro atoms. The Hall–Kier alpha value is -1.13. The molecule has 1 N–H and O–H groups in total. The number of hydrogen-bond acceptors (Lipinski definition) is 2. The first-order valence-electron chi connectivity index (χ1n) is 7.12. The minimum Gasteiger partial charge on any atom is -0.310 e.